The van der Waals surface area contributed by atoms with Crippen LogP contribution in [0.5, 0.6) is 0 Å². The van der Waals surface area contributed by atoms with Gasteiger partial charge in [-0.1, -0.05) is 44.2 Å². The van der Waals surface area contributed by atoms with E-state index in [0.717, 1.165) is 5.56 Å². The lowest BCUT2D eigenvalue weighted by Crippen LogP contribution is -2.44. The topological polar surface area (TPSA) is 75.3 Å². The number of carbonyl (C=O) groups excluding carboxylic acids is 1. The molecule has 4 heteroatoms. The van der Waals surface area contributed by atoms with E-state index >= 15 is 0 Å². The van der Waals surface area contributed by atoms with Crippen LogP contribution in [-0.4, -0.2) is 29.7 Å². The molecule has 2 atom stereocenters. The Morgan fingerprint density at radius 2 is 1.95 bits per heavy atom. The summed E-state index contributed by atoms with van der Waals surface area (Å²) >= 11 is 0. The lowest BCUT2D eigenvalue weighted by Gasteiger charge is -2.16. The Labute approximate surface area is 115 Å². The second-order valence-electron chi connectivity index (χ2n) is 5.32. The van der Waals surface area contributed by atoms with E-state index in [1.807, 2.05) is 44.2 Å². The van der Waals surface area contributed by atoms with Gasteiger partial charge in [0.25, 0.3) is 0 Å². The fourth-order valence-corrected chi connectivity index (χ4v) is 1.94. The highest BCUT2D eigenvalue weighted by molar-refractivity contribution is 5.81. The summed E-state index contributed by atoms with van der Waals surface area (Å²) in [6.45, 7) is 4.33. The summed E-state index contributed by atoms with van der Waals surface area (Å²) in [5.74, 6) is 0.191. The van der Waals surface area contributed by atoms with Gasteiger partial charge < -0.3 is 16.2 Å². The summed E-state index contributed by atoms with van der Waals surface area (Å²) in [5, 5.41) is 12.4. The average Bonchev–Trinajstić information content (AvgIpc) is 2.36. The molecule has 106 valence electrons. The number of aliphatic hydroxyl groups excluding tert-OH is 1. The van der Waals surface area contributed by atoms with Gasteiger partial charge in [0.1, 0.15) is 0 Å². The quantitative estimate of drug-likeness (QED) is 0.690. The summed E-state index contributed by atoms with van der Waals surface area (Å²) in [7, 11) is 0. The van der Waals surface area contributed by atoms with Gasteiger partial charge in [0.05, 0.1) is 12.1 Å². The molecule has 0 heterocycles. The first-order valence-corrected chi connectivity index (χ1v) is 6.74. The van der Waals surface area contributed by atoms with Crippen molar-refractivity contribution in [3.05, 3.63) is 35.9 Å². The molecule has 2 unspecified atom stereocenters. The second kappa shape index (κ2) is 7.92. The fraction of sp³-hybridized carbons (Fsp3) is 0.533. The van der Waals surface area contributed by atoms with Crippen molar-refractivity contribution in [2.75, 3.05) is 6.54 Å². The zero-order valence-corrected chi connectivity index (χ0v) is 11.7. The molecule has 0 fully saturated rings. The lowest BCUT2D eigenvalue weighted by atomic mass is 10.0. The van der Waals surface area contributed by atoms with Crippen molar-refractivity contribution in [1.82, 2.24) is 5.32 Å². The number of nitrogens with two attached hydrogens (primary N) is 1. The third-order valence-electron chi connectivity index (χ3n) is 2.89. The molecule has 0 saturated heterocycles. The normalized spacial score (nSPS) is 14.2. The van der Waals surface area contributed by atoms with E-state index < -0.39 is 12.1 Å². The van der Waals surface area contributed by atoms with Gasteiger partial charge in [-0.05, 0) is 24.3 Å². The summed E-state index contributed by atoms with van der Waals surface area (Å²) < 4.78 is 0. The number of hydrogen-bond acceptors (Lipinski definition) is 3. The largest absolute Gasteiger partial charge is 0.391 e. The molecular formula is C15H24N2O2. The number of amides is 1. The number of carbonyl (C=O) groups is 1. The van der Waals surface area contributed by atoms with Crippen LogP contribution in [0.2, 0.25) is 0 Å². The lowest BCUT2D eigenvalue weighted by molar-refractivity contribution is -0.122. The maximum Gasteiger partial charge on any atom is 0.237 e. The smallest absolute Gasteiger partial charge is 0.237 e. The van der Waals surface area contributed by atoms with Crippen molar-refractivity contribution in [3.8, 4) is 0 Å². The van der Waals surface area contributed by atoms with Gasteiger partial charge in [-0.3, -0.25) is 4.79 Å². The van der Waals surface area contributed by atoms with Crippen molar-refractivity contribution in [3.63, 3.8) is 0 Å². The summed E-state index contributed by atoms with van der Waals surface area (Å²) in [6.07, 6.45) is 0.675. The number of rotatable bonds is 7. The Morgan fingerprint density at radius 3 is 2.53 bits per heavy atom. The molecule has 1 aromatic rings. The van der Waals surface area contributed by atoms with Gasteiger partial charge in [-0.25, -0.2) is 0 Å². The Balaban J connectivity index is 2.33. The number of nitrogens with one attached hydrogen (secondary N) is 1. The molecule has 0 aliphatic rings. The number of aliphatic hydroxyl groups is 1. The second-order valence-corrected chi connectivity index (χ2v) is 5.32. The minimum absolute atomic E-state index is 0.216. The highest BCUT2D eigenvalue weighted by Crippen LogP contribution is 2.04. The SMILES string of the molecule is CC(C)CC(O)CNC(=O)C(N)Cc1ccccc1. The average molecular weight is 264 g/mol. The predicted octanol–water partition coefficient (Wildman–Crippen LogP) is 1.08. The van der Waals surface area contributed by atoms with Gasteiger partial charge in [0.15, 0.2) is 0 Å². The van der Waals surface area contributed by atoms with Crippen LogP contribution in [0.25, 0.3) is 0 Å². The molecule has 0 aliphatic heterocycles. The molecule has 4 nitrogen and oxygen atoms in total. The van der Waals surface area contributed by atoms with Gasteiger partial charge in [0.2, 0.25) is 5.91 Å². The molecule has 1 amide bonds. The van der Waals surface area contributed by atoms with E-state index in [0.29, 0.717) is 18.8 Å². The molecule has 0 radical (unpaired) electrons. The Kier molecular flexibility index (Phi) is 6.53. The zero-order valence-electron chi connectivity index (χ0n) is 11.7. The molecule has 19 heavy (non-hydrogen) atoms. The molecule has 0 bridgehead atoms. The minimum Gasteiger partial charge on any atom is -0.391 e. The Bertz CT molecular complexity index is 379. The highest BCUT2D eigenvalue weighted by atomic mass is 16.3. The molecule has 0 aliphatic carbocycles. The first-order valence-electron chi connectivity index (χ1n) is 6.74. The van der Waals surface area contributed by atoms with Gasteiger partial charge >= 0.3 is 0 Å². The number of benzene rings is 1. The maximum absolute atomic E-state index is 11.8. The van der Waals surface area contributed by atoms with Crippen molar-refractivity contribution < 1.29 is 9.90 Å². The third kappa shape index (κ3) is 6.36. The van der Waals surface area contributed by atoms with Crippen molar-refractivity contribution in [2.24, 2.45) is 11.7 Å². The summed E-state index contributed by atoms with van der Waals surface area (Å²) in [4.78, 5) is 11.8. The molecule has 0 aromatic heterocycles. The van der Waals surface area contributed by atoms with Gasteiger partial charge in [-0.2, -0.15) is 0 Å². The van der Waals surface area contributed by atoms with Crippen LogP contribution in [0.4, 0.5) is 0 Å². The zero-order chi connectivity index (χ0) is 14.3. The van der Waals surface area contributed by atoms with Crippen LogP contribution in [0, 0.1) is 5.92 Å². The number of hydrogen-bond donors (Lipinski definition) is 3. The van der Waals surface area contributed by atoms with E-state index in [2.05, 4.69) is 5.32 Å². The summed E-state index contributed by atoms with van der Waals surface area (Å²) in [6, 6.07) is 9.09. The Morgan fingerprint density at radius 1 is 1.32 bits per heavy atom. The van der Waals surface area contributed by atoms with Crippen LogP contribution >= 0.6 is 0 Å². The Hall–Kier alpha value is -1.39. The van der Waals surface area contributed by atoms with Gasteiger partial charge in [0, 0.05) is 6.54 Å². The third-order valence-corrected chi connectivity index (χ3v) is 2.89. The monoisotopic (exact) mass is 264 g/mol. The standard InChI is InChI=1S/C15H24N2O2/c1-11(2)8-13(18)10-17-15(19)14(16)9-12-6-4-3-5-7-12/h3-7,11,13-14,18H,8-10,16H2,1-2H3,(H,17,19). The van der Waals surface area contributed by atoms with Crippen LogP contribution in [0.15, 0.2) is 30.3 Å². The first-order chi connectivity index (χ1) is 8.99. The van der Waals surface area contributed by atoms with E-state index in [1.54, 1.807) is 0 Å². The van der Waals surface area contributed by atoms with Crippen LogP contribution < -0.4 is 11.1 Å². The van der Waals surface area contributed by atoms with Crippen molar-refractivity contribution in [2.45, 2.75) is 38.8 Å². The van der Waals surface area contributed by atoms with E-state index in [9.17, 15) is 9.90 Å². The molecular weight excluding hydrogens is 240 g/mol. The first kappa shape index (κ1) is 15.7. The maximum atomic E-state index is 11.8. The molecule has 1 aromatic carbocycles. The van der Waals surface area contributed by atoms with Crippen LogP contribution in [0.1, 0.15) is 25.8 Å². The van der Waals surface area contributed by atoms with Crippen molar-refractivity contribution in [1.29, 1.82) is 0 Å². The predicted molar refractivity (Wildman–Crippen MR) is 76.6 cm³/mol. The molecule has 4 N–H and O–H groups in total. The highest BCUT2D eigenvalue weighted by Gasteiger charge is 2.15. The van der Waals surface area contributed by atoms with Crippen LogP contribution in [-0.2, 0) is 11.2 Å². The van der Waals surface area contributed by atoms with E-state index in [4.69, 9.17) is 5.73 Å². The van der Waals surface area contributed by atoms with Gasteiger partial charge in [-0.15, -0.1) is 0 Å². The molecule has 0 saturated carbocycles. The summed E-state index contributed by atoms with van der Waals surface area (Å²) in [5.41, 5.74) is 6.88. The minimum atomic E-state index is -0.575. The van der Waals surface area contributed by atoms with Crippen LogP contribution in [0.3, 0.4) is 0 Å². The fourth-order valence-electron chi connectivity index (χ4n) is 1.94. The van der Waals surface area contributed by atoms with E-state index in [1.165, 1.54) is 0 Å². The molecule has 1 rings (SSSR count). The molecule has 0 spiro atoms. The van der Waals surface area contributed by atoms with E-state index in [-0.39, 0.29) is 12.5 Å². The van der Waals surface area contributed by atoms with Crippen molar-refractivity contribution >= 4 is 5.91 Å².